The lowest BCUT2D eigenvalue weighted by molar-refractivity contribution is -0.113. The number of anilines is 1. The summed E-state index contributed by atoms with van der Waals surface area (Å²) in [7, 11) is 1.62. The number of hydrogen-bond donors (Lipinski definition) is 3. The van der Waals surface area contributed by atoms with Gasteiger partial charge in [-0.25, -0.2) is 14.4 Å². The molecule has 0 atom stereocenters. The van der Waals surface area contributed by atoms with Crippen LogP contribution in [0, 0.1) is 18.2 Å². The molecule has 0 fully saturated rings. The van der Waals surface area contributed by atoms with Gasteiger partial charge in [0.2, 0.25) is 0 Å². The van der Waals surface area contributed by atoms with Crippen molar-refractivity contribution in [3.63, 3.8) is 0 Å². The van der Waals surface area contributed by atoms with E-state index in [1.54, 1.807) is 25.4 Å². The fraction of sp³-hybridized carbons (Fsp3) is 0.100. The van der Waals surface area contributed by atoms with Crippen molar-refractivity contribution >= 4 is 28.7 Å². The third-order valence-electron chi connectivity index (χ3n) is 4.04. The fourth-order valence-corrected chi connectivity index (χ4v) is 2.63. The summed E-state index contributed by atoms with van der Waals surface area (Å²) >= 11 is 0. The maximum Gasteiger partial charge on any atom is 0.271 e. The highest BCUT2D eigenvalue weighted by atomic mass is 19.1. The fourth-order valence-electron chi connectivity index (χ4n) is 2.63. The predicted octanol–water partition coefficient (Wildman–Crippen LogP) is 3.44. The summed E-state index contributed by atoms with van der Waals surface area (Å²) in [5.41, 5.74) is 3.23. The van der Waals surface area contributed by atoms with E-state index in [0.717, 1.165) is 17.3 Å². The minimum Gasteiger partial charge on any atom is -0.384 e. The largest absolute Gasteiger partial charge is 0.384 e. The van der Waals surface area contributed by atoms with Gasteiger partial charge in [0.25, 0.3) is 5.91 Å². The third-order valence-corrected chi connectivity index (χ3v) is 4.04. The highest BCUT2D eigenvalue weighted by Crippen LogP contribution is 2.24. The Kier molecular flexibility index (Phi) is 5.21. The Hall–Kier alpha value is -3.61. The quantitative estimate of drug-likeness (QED) is 0.478. The number of rotatable bonds is 5. The Labute approximate surface area is 155 Å². The number of benzene rings is 2. The molecular weight excluding hydrogens is 345 g/mol. The molecule has 0 saturated carbocycles. The molecule has 3 aromatic rings. The first-order valence-electron chi connectivity index (χ1n) is 8.25. The molecule has 136 valence electrons. The van der Waals surface area contributed by atoms with E-state index in [9.17, 15) is 9.18 Å². The van der Waals surface area contributed by atoms with Crippen molar-refractivity contribution in [3.8, 4) is 11.4 Å². The molecule has 0 spiro atoms. The van der Waals surface area contributed by atoms with Crippen LogP contribution >= 0.6 is 0 Å². The Morgan fingerprint density at radius 1 is 1.22 bits per heavy atom. The summed E-state index contributed by atoms with van der Waals surface area (Å²) in [5.74, 6) is -0.136. The van der Waals surface area contributed by atoms with E-state index in [0.29, 0.717) is 28.1 Å². The van der Waals surface area contributed by atoms with Gasteiger partial charge in [-0.2, -0.15) is 0 Å². The molecule has 0 aliphatic rings. The summed E-state index contributed by atoms with van der Waals surface area (Å²) in [6, 6.07) is 9.84. The van der Waals surface area contributed by atoms with Crippen LogP contribution in [0.2, 0.25) is 0 Å². The Bertz CT molecular complexity index is 1060. The molecule has 0 saturated heterocycles. The van der Waals surface area contributed by atoms with E-state index < -0.39 is 0 Å². The van der Waals surface area contributed by atoms with E-state index in [2.05, 4.69) is 20.6 Å². The molecule has 27 heavy (non-hydrogen) atoms. The zero-order valence-corrected chi connectivity index (χ0v) is 14.9. The molecule has 3 N–H and O–H groups in total. The van der Waals surface area contributed by atoms with Crippen molar-refractivity contribution in [1.82, 2.24) is 15.3 Å². The van der Waals surface area contributed by atoms with Crippen LogP contribution in [0.1, 0.15) is 5.56 Å². The van der Waals surface area contributed by atoms with Crippen molar-refractivity contribution in [3.05, 3.63) is 65.7 Å². The van der Waals surface area contributed by atoms with Crippen LogP contribution in [0.5, 0.6) is 0 Å². The van der Waals surface area contributed by atoms with Gasteiger partial charge in [-0.15, -0.1) is 0 Å². The standard InChI is InChI=1S/C20H18FN5O/c1-12-9-13(3-5-16(12)26-20(27)18(23-2)7-8-22)19-24-11-14-10-15(21)4-6-17(14)25-19/h3-11,22-23H,1-2H3,(H,26,27)/b18-7-,22-8?. The zero-order chi connectivity index (χ0) is 19.4. The average molecular weight is 363 g/mol. The first-order valence-corrected chi connectivity index (χ1v) is 8.25. The van der Waals surface area contributed by atoms with Crippen LogP contribution in [0.25, 0.3) is 22.3 Å². The molecular formula is C20H18FN5O. The van der Waals surface area contributed by atoms with E-state index >= 15 is 0 Å². The highest BCUT2D eigenvalue weighted by Gasteiger charge is 2.11. The summed E-state index contributed by atoms with van der Waals surface area (Å²) in [5, 5.41) is 13.3. The molecule has 7 heteroatoms. The van der Waals surface area contributed by atoms with Crippen LogP contribution in [-0.4, -0.2) is 29.1 Å². The highest BCUT2D eigenvalue weighted by molar-refractivity contribution is 6.05. The van der Waals surface area contributed by atoms with E-state index in [4.69, 9.17) is 5.41 Å². The van der Waals surface area contributed by atoms with E-state index in [1.807, 2.05) is 19.1 Å². The first-order chi connectivity index (χ1) is 13.0. The van der Waals surface area contributed by atoms with Gasteiger partial charge in [-0.3, -0.25) is 4.79 Å². The number of aryl methyl sites for hydroxylation is 1. The predicted molar refractivity (Wildman–Crippen MR) is 104 cm³/mol. The molecule has 1 heterocycles. The van der Waals surface area contributed by atoms with E-state index in [1.165, 1.54) is 18.2 Å². The Morgan fingerprint density at radius 3 is 2.74 bits per heavy atom. The van der Waals surface area contributed by atoms with Gasteiger partial charge in [0.1, 0.15) is 11.5 Å². The molecule has 3 rings (SSSR count). The van der Waals surface area contributed by atoms with Gasteiger partial charge in [0, 0.05) is 36.1 Å². The van der Waals surface area contributed by atoms with Gasteiger partial charge < -0.3 is 16.0 Å². The number of aromatic nitrogens is 2. The SMILES string of the molecule is CN/C(=C\C=N)C(=O)Nc1ccc(-c2ncc3cc(F)ccc3n2)cc1C. The molecule has 2 aromatic carbocycles. The number of nitrogens with zero attached hydrogens (tertiary/aromatic N) is 2. The second-order valence-electron chi connectivity index (χ2n) is 5.88. The molecule has 0 aliphatic carbocycles. The lowest BCUT2D eigenvalue weighted by Crippen LogP contribution is -2.23. The first kappa shape index (κ1) is 18.2. The number of allylic oxidation sites excluding steroid dienone is 1. The van der Waals surface area contributed by atoms with Crippen molar-refractivity contribution < 1.29 is 9.18 Å². The van der Waals surface area contributed by atoms with Crippen LogP contribution < -0.4 is 10.6 Å². The number of likely N-dealkylation sites (N-methyl/N-ethyl adjacent to an activating group) is 1. The molecule has 0 unspecified atom stereocenters. The third kappa shape index (κ3) is 3.98. The lowest BCUT2D eigenvalue weighted by atomic mass is 10.1. The molecule has 1 aromatic heterocycles. The minimum absolute atomic E-state index is 0.290. The zero-order valence-electron chi connectivity index (χ0n) is 14.9. The van der Waals surface area contributed by atoms with Gasteiger partial charge >= 0.3 is 0 Å². The van der Waals surface area contributed by atoms with Gasteiger partial charge in [0.15, 0.2) is 5.82 Å². The van der Waals surface area contributed by atoms with Gasteiger partial charge in [-0.05, 0) is 55.0 Å². The number of hydrogen-bond acceptors (Lipinski definition) is 5. The number of amides is 1. The second kappa shape index (κ2) is 7.74. The van der Waals surface area contributed by atoms with Crippen LogP contribution in [0.15, 0.2) is 54.4 Å². The Morgan fingerprint density at radius 2 is 2.04 bits per heavy atom. The van der Waals surface area contributed by atoms with Gasteiger partial charge in [-0.1, -0.05) is 0 Å². The van der Waals surface area contributed by atoms with Crippen molar-refractivity contribution in [2.45, 2.75) is 6.92 Å². The topological polar surface area (TPSA) is 90.8 Å². The van der Waals surface area contributed by atoms with Crippen LogP contribution in [-0.2, 0) is 4.79 Å². The second-order valence-corrected chi connectivity index (χ2v) is 5.88. The van der Waals surface area contributed by atoms with Gasteiger partial charge in [0.05, 0.1) is 5.52 Å². The Balaban J connectivity index is 1.88. The summed E-state index contributed by atoms with van der Waals surface area (Å²) in [6.07, 6.45) is 4.02. The lowest BCUT2D eigenvalue weighted by Gasteiger charge is -2.11. The number of carbonyl (C=O) groups is 1. The minimum atomic E-state index is -0.333. The number of fused-ring (bicyclic) bond motifs is 1. The molecule has 0 radical (unpaired) electrons. The van der Waals surface area contributed by atoms with Crippen LogP contribution in [0.3, 0.4) is 0 Å². The molecule has 0 bridgehead atoms. The molecule has 1 amide bonds. The maximum absolute atomic E-state index is 13.3. The molecule has 6 nitrogen and oxygen atoms in total. The number of nitrogens with one attached hydrogen (secondary N) is 3. The number of halogens is 1. The van der Waals surface area contributed by atoms with E-state index in [-0.39, 0.29) is 11.7 Å². The average Bonchev–Trinajstić information content (AvgIpc) is 2.67. The summed E-state index contributed by atoms with van der Waals surface area (Å²) in [4.78, 5) is 21.0. The summed E-state index contributed by atoms with van der Waals surface area (Å²) in [6.45, 7) is 1.87. The van der Waals surface area contributed by atoms with Crippen LogP contribution in [0.4, 0.5) is 10.1 Å². The van der Waals surface area contributed by atoms with Crippen molar-refractivity contribution in [1.29, 1.82) is 5.41 Å². The summed E-state index contributed by atoms with van der Waals surface area (Å²) < 4.78 is 13.3. The number of carbonyl (C=O) groups excluding carboxylic acids is 1. The normalized spacial score (nSPS) is 11.3. The monoisotopic (exact) mass is 363 g/mol. The van der Waals surface area contributed by atoms with Crippen molar-refractivity contribution in [2.75, 3.05) is 12.4 Å². The molecule has 0 aliphatic heterocycles. The van der Waals surface area contributed by atoms with Crippen molar-refractivity contribution in [2.24, 2.45) is 0 Å². The maximum atomic E-state index is 13.3. The smallest absolute Gasteiger partial charge is 0.271 e.